The Morgan fingerprint density at radius 2 is 1.41 bits per heavy atom. The van der Waals surface area contributed by atoms with Crippen molar-refractivity contribution in [3.63, 3.8) is 0 Å². The molecule has 2 rings (SSSR count). The molecule has 1 aromatic carbocycles. The van der Waals surface area contributed by atoms with Crippen molar-refractivity contribution in [3.05, 3.63) is 35.9 Å². The largest absolute Gasteiger partial charge is 0.445 e. The predicted octanol–water partition coefficient (Wildman–Crippen LogP) is -0.490. The van der Waals surface area contributed by atoms with E-state index in [1.807, 2.05) is 19.9 Å². The Bertz CT molecular complexity index is 1220. The standard InChI is InChI=1S/C30H45N7O9/c1-5-7-14-37(15-8-6-2)29(43)24-23(46-24)28(42)36-35-27(41)21(16-22(31)38)34-26(40)18(3)32-25(39)19(4)33-30(44)45-17-20-12-10-9-11-13-20/h9-13,18-19,21,23-24H,5-8,14-17H2,1-4H3,(H2,31,38)(H,32,39)(H,33,44)(H,34,40)(H,35,41)(H,36,42)/t18-,19-,21-,23?,24?/m0/s1. The molecule has 1 aliphatic heterocycles. The van der Waals surface area contributed by atoms with Crippen molar-refractivity contribution in [2.75, 3.05) is 13.1 Å². The van der Waals surface area contributed by atoms with E-state index in [1.165, 1.54) is 13.8 Å². The summed E-state index contributed by atoms with van der Waals surface area (Å²) >= 11 is 0. The van der Waals surface area contributed by atoms with Gasteiger partial charge in [-0.2, -0.15) is 0 Å². The Morgan fingerprint density at radius 3 is 2.00 bits per heavy atom. The lowest BCUT2D eigenvalue weighted by atomic mass is 10.1. The van der Waals surface area contributed by atoms with Crippen LogP contribution in [0.3, 0.4) is 0 Å². The van der Waals surface area contributed by atoms with Crippen molar-refractivity contribution in [2.24, 2.45) is 5.73 Å². The van der Waals surface area contributed by atoms with Gasteiger partial charge >= 0.3 is 6.09 Å². The number of rotatable bonds is 18. The molecule has 0 saturated carbocycles. The highest BCUT2D eigenvalue weighted by Gasteiger charge is 2.52. The minimum atomic E-state index is -1.51. The number of hydrogen-bond acceptors (Lipinski definition) is 9. The average molecular weight is 648 g/mol. The second kappa shape index (κ2) is 18.9. The maximum atomic E-state index is 12.8. The van der Waals surface area contributed by atoms with E-state index < -0.39 is 72.4 Å². The summed E-state index contributed by atoms with van der Waals surface area (Å²) in [6.45, 7) is 7.80. The zero-order valence-corrected chi connectivity index (χ0v) is 26.6. The highest BCUT2D eigenvalue weighted by Crippen LogP contribution is 2.25. The second-order valence-corrected chi connectivity index (χ2v) is 10.9. The summed E-state index contributed by atoms with van der Waals surface area (Å²) in [5, 5.41) is 7.04. The van der Waals surface area contributed by atoms with Crippen molar-refractivity contribution < 1.29 is 43.0 Å². The van der Waals surface area contributed by atoms with Gasteiger partial charge in [-0.1, -0.05) is 57.0 Å². The van der Waals surface area contributed by atoms with Gasteiger partial charge in [0, 0.05) is 13.1 Å². The molecule has 46 heavy (non-hydrogen) atoms. The van der Waals surface area contributed by atoms with Crippen LogP contribution in [0.15, 0.2) is 30.3 Å². The van der Waals surface area contributed by atoms with Crippen LogP contribution in [0.4, 0.5) is 4.79 Å². The number of nitrogens with one attached hydrogen (secondary N) is 5. The lowest BCUT2D eigenvalue weighted by Gasteiger charge is -2.22. The summed E-state index contributed by atoms with van der Waals surface area (Å²) in [6, 6.07) is 5.12. The van der Waals surface area contributed by atoms with Gasteiger partial charge < -0.3 is 36.1 Å². The van der Waals surface area contributed by atoms with Gasteiger partial charge in [-0.25, -0.2) is 4.79 Å². The molecular weight excluding hydrogens is 602 g/mol. The highest BCUT2D eigenvalue weighted by atomic mass is 16.6. The summed E-state index contributed by atoms with van der Waals surface area (Å²) in [6.07, 6.45) is -0.135. The van der Waals surface area contributed by atoms with Crippen LogP contribution >= 0.6 is 0 Å². The molecule has 0 spiro atoms. The number of nitrogens with zero attached hydrogens (tertiary/aromatic N) is 1. The molecule has 2 unspecified atom stereocenters. The number of alkyl carbamates (subject to hydrolysis) is 1. The number of ether oxygens (including phenoxy) is 2. The Morgan fingerprint density at radius 1 is 0.826 bits per heavy atom. The third-order valence-corrected chi connectivity index (χ3v) is 6.91. The molecule has 5 atom stereocenters. The molecule has 1 aliphatic rings. The fourth-order valence-electron chi connectivity index (χ4n) is 4.11. The summed E-state index contributed by atoms with van der Waals surface area (Å²) in [5.74, 6) is -4.57. The van der Waals surface area contributed by atoms with Crippen LogP contribution in [0.25, 0.3) is 0 Å². The van der Waals surface area contributed by atoms with Gasteiger partial charge in [0.05, 0.1) is 6.42 Å². The fourth-order valence-corrected chi connectivity index (χ4v) is 4.11. The molecule has 1 aromatic rings. The van der Waals surface area contributed by atoms with Gasteiger partial charge in [0.1, 0.15) is 24.7 Å². The molecule has 16 nitrogen and oxygen atoms in total. The second-order valence-electron chi connectivity index (χ2n) is 10.9. The zero-order valence-electron chi connectivity index (χ0n) is 26.6. The fraction of sp³-hybridized carbons (Fsp3) is 0.567. The third-order valence-electron chi connectivity index (χ3n) is 6.91. The molecule has 1 saturated heterocycles. The van der Waals surface area contributed by atoms with E-state index in [9.17, 15) is 33.6 Å². The molecule has 1 heterocycles. The molecule has 7 amide bonds. The monoisotopic (exact) mass is 647 g/mol. The maximum absolute atomic E-state index is 12.8. The Labute approximate surface area is 267 Å². The zero-order chi connectivity index (χ0) is 34.2. The number of carbonyl (C=O) groups excluding carboxylic acids is 7. The van der Waals surface area contributed by atoms with E-state index in [2.05, 4.69) is 26.8 Å². The van der Waals surface area contributed by atoms with Gasteiger partial charge in [0.15, 0.2) is 12.2 Å². The van der Waals surface area contributed by atoms with E-state index in [0.717, 1.165) is 31.2 Å². The van der Waals surface area contributed by atoms with Gasteiger partial charge in [-0.15, -0.1) is 0 Å². The van der Waals surface area contributed by atoms with E-state index in [-0.39, 0.29) is 12.5 Å². The van der Waals surface area contributed by atoms with Crippen molar-refractivity contribution in [1.29, 1.82) is 0 Å². The van der Waals surface area contributed by atoms with E-state index in [1.54, 1.807) is 29.2 Å². The van der Waals surface area contributed by atoms with Crippen LogP contribution in [0.2, 0.25) is 0 Å². The molecule has 0 aliphatic carbocycles. The predicted molar refractivity (Wildman–Crippen MR) is 164 cm³/mol. The van der Waals surface area contributed by atoms with Crippen LogP contribution < -0.4 is 32.5 Å². The first kappa shape index (κ1) is 37.5. The van der Waals surface area contributed by atoms with Crippen molar-refractivity contribution in [2.45, 2.75) is 96.7 Å². The normalized spacial score (nSPS) is 16.9. The first-order valence-electron chi connectivity index (χ1n) is 15.3. The molecular formula is C30H45N7O9. The van der Waals surface area contributed by atoms with Crippen molar-refractivity contribution >= 4 is 41.5 Å². The molecule has 16 heteroatoms. The first-order valence-corrected chi connectivity index (χ1v) is 15.3. The van der Waals surface area contributed by atoms with Gasteiger partial charge in [-0.3, -0.25) is 39.6 Å². The Hall–Kier alpha value is -4.73. The van der Waals surface area contributed by atoms with Crippen molar-refractivity contribution in [3.8, 4) is 0 Å². The first-order chi connectivity index (χ1) is 21.9. The Kier molecular flexibility index (Phi) is 15.4. The quantitative estimate of drug-likeness (QED) is 0.0890. The number of hydrazine groups is 1. The maximum Gasteiger partial charge on any atom is 0.408 e. The topological polar surface area (TPSA) is 231 Å². The SMILES string of the molecule is CCCCN(CCCC)C(=O)C1OC1C(=O)NNC(=O)[C@H](CC(N)=O)NC(=O)[C@H](C)NC(=O)[C@H](C)NC(=O)OCc1ccccc1. The molecule has 254 valence electrons. The lowest BCUT2D eigenvalue weighted by Crippen LogP contribution is -2.58. The number of benzene rings is 1. The minimum Gasteiger partial charge on any atom is -0.445 e. The number of carbonyl (C=O) groups is 7. The van der Waals surface area contributed by atoms with Crippen molar-refractivity contribution in [1.82, 2.24) is 31.7 Å². The number of unbranched alkanes of at least 4 members (excludes halogenated alkanes) is 2. The van der Waals surface area contributed by atoms with E-state index in [0.29, 0.717) is 13.1 Å². The summed E-state index contributed by atoms with van der Waals surface area (Å²) in [5.41, 5.74) is 10.2. The molecule has 0 radical (unpaired) electrons. The molecule has 1 fully saturated rings. The highest BCUT2D eigenvalue weighted by molar-refractivity contribution is 5.98. The van der Waals surface area contributed by atoms with E-state index >= 15 is 0 Å². The van der Waals surface area contributed by atoms with Crippen LogP contribution in [0.5, 0.6) is 0 Å². The third kappa shape index (κ3) is 12.7. The van der Waals surface area contributed by atoms with Gasteiger partial charge in [0.25, 0.3) is 17.7 Å². The summed E-state index contributed by atoms with van der Waals surface area (Å²) in [4.78, 5) is 88.7. The number of primary amides is 1. The van der Waals surface area contributed by atoms with Gasteiger partial charge in [-0.05, 0) is 32.3 Å². The number of epoxide rings is 1. The minimum absolute atomic E-state index is 0.00727. The van der Waals surface area contributed by atoms with Crippen LogP contribution in [0, 0.1) is 0 Å². The molecule has 0 bridgehead atoms. The summed E-state index contributed by atoms with van der Waals surface area (Å²) in [7, 11) is 0. The van der Waals surface area contributed by atoms with Crippen LogP contribution in [-0.2, 0) is 44.8 Å². The average Bonchev–Trinajstić information content (AvgIpc) is 3.83. The number of nitrogens with two attached hydrogens (primary N) is 1. The van der Waals surface area contributed by atoms with Crippen LogP contribution in [-0.4, -0.2) is 89.9 Å². The molecule has 7 N–H and O–H groups in total. The smallest absolute Gasteiger partial charge is 0.408 e. The number of hydrogen-bond donors (Lipinski definition) is 6. The van der Waals surface area contributed by atoms with Gasteiger partial charge in [0.2, 0.25) is 17.7 Å². The number of amides is 7. The van der Waals surface area contributed by atoms with Crippen LogP contribution in [0.1, 0.15) is 65.4 Å². The Balaban J connectivity index is 1.84. The summed E-state index contributed by atoms with van der Waals surface area (Å²) < 4.78 is 10.4. The molecule has 0 aromatic heterocycles. The van der Waals surface area contributed by atoms with E-state index in [4.69, 9.17) is 15.2 Å². The lowest BCUT2D eigenvalue weighted by molar-refractivity contribution is -0.135.